The van der Waals surface area contributed by atoms with E-state index in [0.717, 1.165) is 4.90 Å². The lowest BCUT2D eigenvalue weighted by Crippen LogP contribution is -2.69. The number of ether oxygens (including phenoxy) is 1. The number of nitrogens with one attached hydrogen (secondary N) is 3. The third kappa shape index (κ3) is 19.7. The van der Waals surface area contributed by atoms with Crippen LogP contribution in [0.3, 0.4) is 0 Å². The van der Waals surface area contributed by atoms with Gasteiger partial charge in [0.25, 0.3) is 0 Å². The molecular formula is C76H117ClF6N12O13. The van der Waals surface area contributed by atoms with E-state index in [0.29, 0.717) is 51.4 Å². The molecule has 9 rings (SSSR count). The minimum Gasteiger partial charge on any atom is -0.378 e. The molecule has 9 fully saturated rings. The molecule has 4 saturated carbocycles. The van der Waals surface area contributed by atoms with Gasteiger partial charge < -0.3 is 64.8 Å². The Morgan fingerprint density at radius 2 is 1.21 bits per heavy atom. The summed E-state index contributed by atoms with van der Waals surface area (Å²) < 4.78 is 90.3. The van der Waals surface area contributed by atoms with Crippen molar-refractivity contribution in [2.24, 2.45) is 41.4 Å². The molecule has 0 bridgehead atoms. The van der Waals surface area contributed by atoms with Crippen molar-refractivity contribution >= 4 is 82.5 Å². The molecule has 25 nitrogen and oxygen atoms in total. The molecular weight excluding hydrogens is 1440 g/mol. The lowest BCUT2D eigenvalue weighted by atomic mass is 9.78. The van der Waals surface area contributed by atoms with Gasteiger partial charge in [0, 0.05) is 72.8 Å². The molecule has 3 unspecified atom stereocenters. The topological polar surface area (TPSA) is 279 Å². The zero-order chi connectivity index (χ0) is 79.0. The van der Waals surface area contributed by atoms with Crippen LogP contribution in [0.4, 0.5) is 26.3 Å². The molecule has 12 amide bonds. The molecule has 5 aliphatic heterocycles. The van der Waals surface area contributed by atoms with Crippen molar-refractivity contribution in [3.05, 3.63) is 0 Å². The summed E-state index contributed by atoms with van der Waals surface area (Å²) >= 11 is 6.42. The number of hydrogen-bond donors (Lipinski definition) is 3. The van der Waals surface area contributed by atoms with Gasteiger partial charge in [-0.3, -0.25) is 57.5 Å². The van der Waals surface area contributed by atoms with E-state index >= 15 is 47.9 Å². The van der Waals surface area contributed by atoms with E-state index in [1.54, 1.807) is 13.8 Å². The molecule has 108 heavy (non-hydrogen) atoms. The SMILES string of the molecule is CCCN1C(=O)[C@@H]2CCN2C(=O)[C@@H]2CCN2C(=O)[C@H]([C@@H](C)CC)NC(=O)[C@H](CC(C)C)N(C)C(=O)C[C@@H](C(=O)N2CCOCC2)N(C)C(=O)[C@H](C2CCCC2)N(C)C(=O)C2(CCCC2)NC(=O)[C@@H]2CCCN2C(=O)[C@H](CCC2CCC(C(F)(F)F)C(Cl)C2)NC(=O)CN(C)C(=O)[C@@H]1CC1CCC(C(F)(F)F)CC1. The van der Waals surface area contributed by atoms with Crippen molar-refractivity contribution in [3.8, 4) is 0 Å². The van der Waals surface area contributed by atoms with Crippen LogP contribution >= 0.6 is 11.6 Å². The van der Waals surface area contributed by atoms with Crippen LogP contribution in [-0.4, -0.2) is 280 Å². The molecule has 4 aliphatic carbocycles. The van der Waals surface area contributed by atoms with Gasteiger partial charge in [-0.2, -0.15) is 26.3 Å². The number of likely N-dealkylation sites (N-methyl/N-ethyl adjacent to an activating group) is 4. The quantitative estimate of drug-likeness (QED) is 0.127. The van der Waals surface area contributed by atoms with Crippen LogP contribution < -0.4 is 16.0 Å². The Hall–Kier alpha value is -6.53. The Kier molecular flexibility index (Phi) is 29.1. The lowest BCUT2D eigenvalue weighted by Gasteiger charge is -2.49. The van der Waals surface area contributed by atoms with Crippen molar-refractivity contribution < 1.29 is 88.6 Å². The molecule has 13 atom stereocenters. The summed E-state index contributed by atoms with van der Waals surface area (Å²) in [6.07, 6.45) is -5.09. The Morgan fingerprint density at radius 1 is 0.602 bits per heavy atom. The number of hydrogen-bond acceptors (Lipinski definition) is 13. The molecule has 9 aliphatic rings. The molecule has 5 saturated heterocycles. The maximum absolute atomic E-state index is 15.8. The van der Waals surface area contributed by atoms with Crippen LogP contribution in [0, 0.1) is 41.4 Å². The van der Waals surface area contributed by atoms with Gasteiger partial charge in [-0.1, -0.05) is 66.7 Å². The summed E-state index contributed by atoms with van der Waals surface area (Å²) in [5.74, 6) is -13.5. The monoisotopic (exact) mass is 1550 g/mol. The van der Waals surface area contributed by atoms with Crippen molar-refractivity contribution in [3.63, 3.8) is 0 Å². The smallest absolute Gasteiger partial charge is 0.378 e. The first-order valence-electron chi connectivity index (χ1n) is 39.8. The zero-order valence-corrected chi connectivity index (χ0v) is 65.3. The van der Waals surface area contributed by atoms with E-state index in [1.165, 1.54) is 67.4 Å². The number of halogens is 7. The van der Waals surface area contributed by atoms with Gasteiger partial charge in [0.15, 0.2) is 0 Å². The summed E-state index contributed by atoms with van der Waals surface area (Å²) in [6, 6.07) is -11.4. The van der Waals surface area contributed by atoms with Gasteiger partial charge in [0.1, 0.15) is 59.9 Å². The standard InChI is InChI=1S/C76H117ClF6N12O13/c1-10-32-92-59(42-48-20-24-50(25-21-48)75(78,79)80)67(101)87(6)44-60(96)84-53(27-23-47-22-26-51(52(77)41-47)76(81,82)83)66(100)93-33-16-19-54(93)65(99)86-74(30-14-15-31-74)73(107)90(9)63(49-17-12-13-18-49)72(106)89(8)58(68(102)91-36-38-108-39-37-91)43-61(97)88(7)57(40-45(3)4)64(98)85-62(46(5)11-2)71(105)95-35-29-56(95)70(104)94-34-28-55(94)69(92)103/h45-59,62-63H,10-44H2,1-9H3,(H,84,96)(H,85,98)(H,86,99)/t46-,47?,48?,50?,51?,52?,53-,54-,55-,56-,57-,58-,59-,62-,63-/m0/s1. The second-order valence-electron chi connectivity index (χ2n) is 33.0. The number of morpholine rings is 1. The maximum Gasteiger partial charge on any atom is 0.393 e. The summed E-state index contributed by atoms with van der Waals surface area (Å²) in [5, 5.41) is 7.53. The summed E-state index contributed by atoms with van der Waals surface area (Å²) in [4.78, 5) is 195. The fourth-order valence-corrected chi connectivity index (χ4v) is 18.9. The molecule has 0 aromatic rings. The fraction of sp³-hybridized carbons (Fsp3) is 0.842. The average Bonchev–Trinajstić information content (AvgIpc) is 0.937. The zero-order valence-electron chi connectivity index (χ0n) is 64.5. The van der Waals surface area contributed by atoms with Crippen molar-refractivity contribution in [1.29, 1.82) is 0 Å². The Labute approximate surface area is 636 Å². The first-order chi connectivity index (χ1) is 51.0. The van der Waals surface area contributed by atoms with Crippen LogP contribution in [-0.2, 0) is 62.3 Å². The molecule has 0 aromatic carbocycles. The van der Waals surface area contributed by atoms with Crippen molar-refractivity contribution in [2.75, 3.05) is 87.2 Å². The van der Waals surface area contributed by atoms with E-state index < -0.39 is 197 Å². The van der Waals surface area contributed by atoms with Gasteiger partial charge in [0.2, 0.25) is 70.9 Å². The van der Waals surface area contributed by atoms with Crippen molar-refractivity contribution in [1.82, 2.24) is 60.0 Å². The van der Waals surface area contributed by atoms with Gasteiger partial charge in [-0.05, 0) is 158 Å². The van der Waals surface area contributed by atoms with Crippen LogP contribution in [0.15, 0.2) is 0 Å². The molecule has 608 valence electrons. The van der Waals surface area contributed by atoms with E-state index in [9.17, 15) is 35.9 Å². The molecule has 5 heterocycles. The summed E-state index contributed by atoms with van der Waals surface area (Å²) in [6.45, 7) is 9.10. The summed E-state index contributed by atoms with van der Waals surface area (Å²) in [7, 11) is 5.64. The van der Waals surface area contributed by atoms with Crippen LogP contribution in [0.25, 0.3) is 0 Å². The highest BCUT2D eigenvalue weighted by Gasteiger charge is 2.55. The highest BCUT2D eigenvalue weighted by atomic mass is 35.5. The summed E-state index contributed by atoms with van der Waals surface area (Å²) in [5.41, 5.74) is -1.61. The van der Waals surface area contributed by atoms with Crippen LogP contribution in [0.5, 0.6) is 0 Å². The lowest BCUT2D eigenvalue weighted by molar-refractivity contribution is -0.184. The van der Waals surface area contributed by atoms with Gasteiger partial charge in [-0.15, -0.1) is 11.6 Å². The molecule has 0 aromatic heterocycles. The largest absolute Gasteiger partial charge is 0.393 e. The van der Waals surface area contributed by atoms with Crippen LogP contribution in [0.2, 0.25) is 0 Å². The van der Waals surface area contributed by atoms with E-state index in [4.69, 9.17) is 16.3 Å². The fourth-order valence-electron chi connectivity index (χ4n) is 18.4. The second kappa shape index (κ2) is 36.7. The second-order valence-corrected chi connectivity index (χ2v) is 33.5. The minimum absolute atomic E-state index is 0.00932. The van der Waals surface area contributed by atoms with Gasteiger partial charge in [0.05, 0.1) is 38.0 Å². The van der Waals surface area contributed by atoms with E-state index in [1.807, 2.05) is 20.8 Å². The van der Waals surface area contributed by atoms with E-state index in [2.05, 4.69) is 16.0 Å². The normalized spacial score (nSPS) is 32.2. The first-order valence-corrected chi connectivity index (χ1v) is 40.3. The van der Waals surface area contributed by atoms with Gasteiger partial charge >= 0.3 is 12.4 Å². The average molecular weight is 1560 g/mol. The Balaban J connectivity index is 1.09. The predicted molar refractivity (Wildman–Crippen MR) is 386 cm³/mol. The number of carbonyl (C=O) groups is 12. The number of amides is 12. The number of alkyl halides is 7. The predicted octanol–water partition coefficient (Wildman–Crippen LogP) is 6.79. The number of nitrogens with zero attached hydrogens (tertiary/aromatic N) is 9. The number of rotatable bonds is 13. The van der Waals surface area contributed by atoms with Gasteiger partial charge in [-0.25, -0.2) is 0 Å². The number of fused-ring (bicyclic) bond motifs is 3. The molecule has 1 spiro atoms. The number of carbonyl (C=O) groups excluding carboxylic acids is 12. The first kappa shape index (κ1) is 85.5. The minimum atomic E-state index is -4.55. The Morgan fingerprint density at radius 3 is 1.79 bits per heavy atom. The third-order valence-electron chi connectivity index (χ3n) is 25.3. The highest BCUT2D eigenvalue weighted by molar-refractivity contribution is 6.21. The highest BCUT2D eigenvalue weighted by Crippen LogP contribution is 2.45. The third-order valence-corrected chi connectivity index (χ3v) is 25.8. The van der Waals surface area contributed by atoms with E-state index in [-0.39, 0.29) is 168 Å². The molecule has 3 N–H and O–H groups in total. The van der Waals surface area contributed by atoms with Crippen LogP contribution in [0.1, 0.15) is 202 Å². The molecule has 32 heteroatoms. The molecule has 0 radical (unpaired) electrons. The maximum atomic E-state index is 15.8. The Bertz CT molecular complexity index is 3240. The van der Waals surface area contributed by atoms with Crippen molar-refractivity contribution in [2.45, 2.75) is 279 Å².